The van der Waals surface area contributed by atoms with Crippen molar-refractivity contribution in [2.75, 3.05) is 6.54 Å². The molecule has 0 rings (SSSR count). The van der Waals surface area contributed by atoms with Crippen LogP contribution in [0.4, 0.5) is 0 Å². The molecule has 0 aromatic carbocycles. The van der Waals surface area contributed by atoms with Crippen molar-refractivity contribution in [1.82, 2.24) is 5.32 Å². The van der Waals surface area contributed by atoms with Crippen molar-refractivity contribution >= 4 is 17.8 Å². The number of esters is 1. The van der Waals surface area contributed by atoms with E-state index in [0.717, 1.165) is 103 Å². The smallest absolute Gasteiger partial charge is 0.322 e. The summed E-state index contributed by atoms with van der Waals surface area (Å²) in [4.78, 5) is 35.2. The number of amides is 1. The third-order valence-electron chi connectivity index (χ3n) is 10.8. The zero-order valence-electron chi connectivity index (χ0n) is 37.4. The maximum Gasteiger partial charge on any atom is 0.322 e. The Morgan fingerprint density at radius 2 is 0.860 bits per heavy atom. The molecular weight excluding hydrogens is 707 g/mol. The van der Waals surface area contributed by atoms with Gasteiger partial charge in [-0.3, -0.25) is 14.4 Å². The van der Waals surface area contributed by atoms with Crippen molar-refractivity contribution < 1.29 is 24.2 Å². The van der Waals surface area contributed by atoms with Crippen molar-refractivity contribution in [3.63, 3.8) is 0 Å². The summed E-state index contributed by atoms with van der Waals surface area (Å²) in [6.07, 6.45) is 59.6. The summed E-state index contributed by atoms with van der Waals surface area (Å²) < 4.78 is 6.04. The maximum absolute atomic E-state index is 12.8. The summed E-state index contributed by atoms with van der Waals surface area (Å²) in [5, 5.41) is 11.1. The summed E-state index contributed by atoms with van der Waals surface area (Å²) in [6.45, 7) is 4.13. The average Bonchev–Trinajstić information content (AvgIpc) is 3.20. The van der Waals surface area contributed by atoms with Gasteiger partial charge in [0.1, 0.15) is 12.6 Å². The van der Waals surface area contributed by atoms with Crippen molar-refractivity contribution in [3.8, 4) is 0 Å². The summed E-state index contributed by atoms with van der Waals surface area (Å²) >= 11 is 0. The normalized spacial score (nSPS) is 12.5. The van der Waals surface area contributed by atoms with Gasteiger partial charge in [0.15, 0.2) is 0 Å². The zero-order chi connectivity index (χ0) is 41.5. The van der Waals surface area contributed by atoms with E-state index in [1.54, 1.807) is 0 Å². The second-order valence-corrected chi connectivity index (χ2v) is 16.3. The van der Waals surface area contributed by atoms with Gasteiger partial charge in [0, 0.05) is 12.8 Å². The number of aliphatic carboxylic acids is 1. The van der Waals surface area contributed by atoms with E-state index in [4.69, 9.17) is 9.84 Å². The minimum atomic E-state index is -1.02. The summed E-state index contributed by atoms with van der Waals surface area (Å²) in [5.41, 5.74) is 0. The van der Waals surface area contributed by atoms with Crippen molar-refractivity contribution in [3.05, 3.63) is 48.6 Å². The van der Waals surface area contributed by atoms with Crippen LogP contribution >= 0.6 is 0 Å². The van der Waals surface area contributed by atoms with Gasteiger partial charge in [0.2, 0.25) is 5.91 Å². The van der Waals surface area contributed by atoms with Crippen LogP contribution in [0.3, 0.4) is 0 Å². The first-order valence-corrected chi connectivity index (χ1v) is 24.3. The number of ether oxygens (including phenoxy) is 1. The number of nitrogens with one attached hydrogen (secondary N) is 1. The van der Waals surface area contributed by atoms with Crippen molar-refractivity contribution in [1.29, 1.82) is 0 Å². The molecule has 0 fully saturated rings. The van der Waals surface area contributed by atoms with Gasteiger partial charge >= 0.3 is 11.9 Å². The number of unbranched alkanes of at least 4 members (excludes halogenated alkanes) is 25. The molecule has 0 aromatic rings. The number of allylic oxidation sites excluding steroid dienone is 8. The molecule has 0 saturated heterocycles. The molecule has 0 aromatic heterocycles. The number of hydrogen-bond acceptors (Lipinski definition) is 4. The van der Waals surface area contributed by atoms with Gasteiger partial charge in [-0.2, -0.15) is 0 Å². The zero-order valence-corrected chi connectivity index (χ0v) is 37.4. The van der Waals surface area contributed by atoms with Gasteiger partial charge in [0.05, 0.1) is 0 Å². The molecule has 57 heavy (non-hydrogen) atoms. The standard InChI is InChI=1S/C51H91NO5/c1-3-5-7-9-11-13-15-17-19-20-21-22-23-25-27-29-31-33-38-42-46-51(56)57-48(44-40-36-34-37-41-45-49(53)52-47-50(54)55)43-39-35-32-30-28-26-24-18-16-14-12-10-8-6-4-2/h6,8,12,14,18,24,28,30,48H,3-5,7,9-11,13,15-17,19-23,25-27,29,31-47H2,1-2H3,(H,52,53)(H,54,55)/b8-6-,14-12-,24-18-,30-28-. The first-order valence-electron chi connectivity index (χ1n) is 24.3. The molecule has 6 heteroatoms. The largest absolute Gasteiger partial charge is 0.480 e. The summed E-state index contributed by atoms with van der Waals surface area (Å²) in [5.74, 6) is -1.25. The molecule has 6 nitrogen and oxygen atoms in total. The van der Waals surface area contributed by atoms with Gasteiger partial charge in [-0.25, -0.2) is 0 Å². The Kier molecular flexibility index (Phi) is 43.9. The minimum absolute atomic E-state index is 0.0122. The Labute approximate surface area is 352 Å². The lowest BCUT2D eigenvalue weighted by Gasteiger charge is -2.18. The highest BCUT2D eigenvalue weighted by molar-refractivity contribution is 5.80. The van der Waals surface area contributed by atoms with Gasteiger partial charge < -0.3 is 15.2 Å². The third-order valence-corrected chi connectivity index (χ3v) is 10.8. The molecular formula is C51H91NO5. The van der Waals surface area contributed by atoms with Crippen LogP contribution in [0, 0.1) is 0 Å². The van der Waals surface area contributed by atoms with Gasteiger partial charge in [-0.15, -0.1) is 0 Å². The number of carboxylic acids is 1. The molecule has 0 heterocycles. The molecule has 0 aliphatic heterocycles. The fourth-order valence-corrected chi connectivity index (χ4v) is 7.21. The molecule has 1 unspecified atom stereocenters. The van der Waals surface area contributed by atoms with E-state index >= 15 is 0 Å². The minimum Gasteiger partial charge on any atom is -0.480 e. The fraction of sp³-hybridized carbons (Fsp3) is 0.784. The number of carbonyl (C=O) groups is 3. The second kappa shape index (κ2) is 46.1. The maximum atomic E-state index is 12.8. The molecule has 0 saturated carbocycles. The third kappa shape index (κ3) is 45.9. The Hall–Kier alpha value is -2.63. The van der Waals surface area contributed by atoms with Crippen molar-refractivity contribution in [2.45, 2.75) is 251 Å². The Balaban J connectivity index is 4.16. The highest BCUT2D eigenvalue weighted by atomic mass is 16.5. The van der Waals surface area contributed by atoms with Crippen LogP contribution in [0.25, 0.3) is 0 Å². The number of rotatable bonds is 44. The molecule has 0 radical (unpaired) electrons. The fourth-order valence-electron chi connectivity index (χ4n) is 7.21. The lowest BCUT2D eigenvalue weighted by atomic mass is 10.0. The van der Waals surface area contributed by atoms with E-state index < -0.39 is 5.97 Å². The van der Waals surface area contributed by atoms with E-state index in [1.807, 2.05) is 0 Å². The van der Waals surface area contributed by atoms with Crippen LogP contribution in [-0.2, 0) is 19.1 Å². The van der Waals surface area contributed by atoms with E-state index in [0.29, 0.717) is 12.8 Å². The highest BCUT2D eigenvalue weighted by Gasteiger charge is 2.14. The number of hydrogen-bond donors (Lipinski definition) is 2. The molecule has 0 aliphatic carbocycles. The molecule has 1 atom stereocenters. The Morgan fingerprint density at radius 3 is 1.32 bits per heavy atom. The average molecular weight is 798 g/mol. The van der Waals surface area contributed by atoms with Crippen LogP contribution in [0.5, 0.6) is 0 Å². The van der Waals surface area contributed by atoms with Crippen molar-refractivity contribution in [2.24, 2.45) is 0 Å². The topological polar surface area (TPSA) is 92.7 Å². The molecule has 0 aliphatic rings. The number of carbonyl (C=O) groups excluding carboxylic acids is 2. The lowest BCUT2D eigenvalue weighted by Crippen LogP contribution is -2.28. The van der Waals surface area contributed by atoms with E-state index in [-0.39, 0.29) is 24.5 Å². The molecule has 0 spiro atoms. The van der Waals surface area contributed by atoms with Gasteiger partial charge in [-0.05, 0) is 77.0 Å². The lowest BCUT2D eigenvalue weighted by molar-refractivity contribution is -0.150. The monoisotopic (exact) mass is 798 g/mol. The first-order chi connectivity index (χ1) is 28.0. The highest BCUT2D eigenvalue weighted by Crippen LogP contribution is 2.19. The van der Waals surface area contributed by atoms with Crippen LogP contribution in [0.15, 0.2) is 48.6 Å². The predicted octanol–water partition coefficient (Wildman–Crippen LogP) is 15.4. The summed E-state index contributed by atoms with van der Waals surface area (Å²) in [7, 11) is 0. The van der Waals surface area contributed by atoms with Crippen LogP contribution < -0.4 is 5.32 Å². The summed E-state index contributed by atoms with van der Waals surface area (Å²) in [6, 6.07) is 0. The first kappa shape index (κ1) is 54.4. The quantitative estimate of drug-likeness (QED) is 0.0364. The predicted molar refractivity (Wildman–Crippen MR) is 245 cm³/mol. The van der Waals surface area contributed by atoms with Crippen LogP contribution in [0.1, 0.15) is 245 Å². The van der Waals surface area contributed by atoms with E-state index in [9.17, 15) is 14.4 Å². The van der Waals surface area contributed by atoms with Gasteiger partial charge in [0.25, 0.3) is 0 Å². The van der Waals surface area contributed by atoms with E-state index in [1.165, 1.54) is 116 Å². The SMILES string of the molecule is CC/C=C\C/C=C\C/C=C\C/C=C\CCCCC(CCCCCCCC(=O)NCC(=O)O)OC(=O)CCCCCCCCCCCCCCCCCCCCCC. The van der Waals surface area contributed by atoms with Gasteiger partial charge in [-0.1, -0.05) is 204 Å². The number of carboxylic acid groups (broad SMARTS) is 1. The Bertz CT molecular complexity index is 1020. The van der Waals surface area contributed by atoms with Crippen LogP contribution in [0.2, 0.25) is 0 Å². The van der Waals surface area contributed by atoms with Crippen LogP contribution in [-0.4, -0.2) is 35.6 Å². The molecule has 2 N–H and O–H groups in total. The molecule has 330 valence electrons. The Morgan fingerprint density at radius 1 is 0.474 bits per heavy atom. The van der Waals surface area contributed by atoms with E-state index in [2.05, 4.69) is 67.8 Å². The molecule has 1 amide bonds. The second-order valence-electron chi connectivity index (χ2n) is 16.3. The molecule has 0 bridgehead atoms.